The lowest BCUT2D eigenvalue weighted by Gasteiger charge is -2.24. The highest BCUT2D eigenvalue weighted by Crippen LogP contribution is 2.33. The summed E-state index contributed by atoms with van der Waals surface area (Å²) in [4.78, 5) is 39.4. The van der Waals surface area contributed by atoms with Gasteiger partial charge in [0, 0.05) is 6.26 Å². The number of carbonyl (C=O) groups is 3. The number of carbonyl (C=O) groups excluding carboxylic acids is 3. The first-order chi connectivity index (χ1) is 14.9. The highest BCUT2D eigenvalue weighted by Gasteiger charge is 2.44. The molecule has 0 fully saturated rings. The SMILES string of the molecule is CS(=O)(=O)CC[C@H](C(=O)OCc1ccc(Cl)c(Cl)c1)N1C(=O)c2cc(Cl)c(Cl)cc2C1=O. The first kappa shape index (κ1) is 24.8. The largest absolute Gasteiger partial charge is 0.459 e. The topological polar surface area (TPSA) is 97.8 Å². The zero-order valence-corrected chi connectivity index (χ0v) is 20.2. The first-order valence-electron chi connectivity index (χ1n) is 9.04. The van der Waals surface area contributed by atoms with Crippen molar-refractivity contribution in [1.29, 1.82) is 0 Å². The number of sulfone groups is 1. The average molecular weight is 539 g/mol. The number of esters is 1. The van der Waals surface area contributed by atoms with Crippen molar-refractivity contribution in [3.8, 4) is 0 Å². The Morgan fingerprint density at radius 3 is 1.97 bits per heavy atom. The lowest BCUT2D eigenvalue weighted by molar-refractivity contribution is -0.149. The Kier molecular flexibility index (Phi) is 7.41. The van der Waals surface area contributed by atoms with Crippen LogP contribution in [0.4, 0.5) is 0 Å². The van der Waals surface area contributed by atoms with Gasteiger partial charge in [0.2, 0.25) is 0 Å². The van der Waals surface area contributed by atoms with Crippen LogP contribution in [0.15, 0.2) is 30.3 Å². The molecule has 1 atom stereocenters. The van der Waals surface area contributed by atoms with Crippen LogP contribution in [0.1, 0.15) is 32.7 Å². The van der Waals surface area contributed by atoms with Crippen molar-refractivity contribution in [3.63, 3.8) is 0 Å². The van der Waals surface area contributed by atoms with Crippen LogP contribution in [0.25, 0.3) is 0 Å². The lowest BCUT2D eigenvalue weighted by Crippen LogP contribution is -2.46. The Morgan fingerprint density at radius 1 is 0.938 bits per heavy atom. The lowest BCUT2D eigenvalue weighted by atomic mass is 10.1. The highest BCUT2D eigenvalue weighted by molar-refractivity contribution is 7.90. The normalized spacial score (nSPS) is 14.5. The highest BCUT2D eigenvalue weighted by atomic mass is 35.5. The quantitative estimate of drug-likeness (QED) is 0.381. The summed E-state index contributed by atoms with van der Waals surface area (Å²) in [6.45, 7) is -0.230. The molecular weight excluding hydrogens is 524 g/mol. The first-order valence-corrected chi connectivity index (χ1v) is 12.6. The monoisotopic (exact) mass is 537 g/mol. The van der Waals surface area contributed by atoms with E-state index in [0.717, 1.165) is 6.26 Å². The van der Waals surface area contributed by atoms with Crippen molar-refractivity contribution in [3.05, 3.63) is 67.1 Å². The van der Waals surface area contributed by atoms with Crippen LogP contribution >= 0.6 is 46.4 Å². The van der Waals surface area contributed by atoms with Gasteiger partial charge in [-0.3, -0.25) is 14.5 Å². The Labute approximate surface area is 204 Å². The number of nitrogens with zero attached hydrogens (tertiary/aromatic N) is 1. The number of rotatable bonds is 7. The number of halogens is 4. The van der Waals surface area contributed by atoms with Crippen molar-refractivity contribution in [2.45, 2.75) is 19.1 Å². The molecule has 2 amide bonds. The van der Waals surface area contributed by atoms with Gasteiger partial charge < -0.3 is 4.74 Å². The van der Waals surface area contributed by atoms with Gasteiger partial charge >= 0.3 is 5.97 Å². The van der Waals surface area contributed by atoms with Crippen LogP contribution < -0.4 is 0 Å². The zero-order chi connectivity index (χ0) is 23.8. The van der Waals surface area contributed by atoms with Crippen LogP contribution in [0.3, 0.4) is 0 Å². The van der Waals surface area contributed by atoms with E-state index in [9.17, 15) is 22.8 Å². The number of hydrogen-bond donors (Lipinski definition) is 0. The number of hydrogen-bond acceptors (Lipinski definition) is 6. The minimum Gasteiger partial charge on any atom is -0.459 e. The van der Waals surface area contributed by atoms with Gasteiger partial charge in [0.05, 0.1) is 37.0 Å². The molecule has 0 unspecified atom stereocenters. The Hall–Kier alpha value is -1.84. The maximum absolute atomic E-state index is 12.9. The van der Waals surface area contributed by atoms with Crippen molar-refractivity contribution >= 4 is 74.0 Å². The average Bonchev–Trinajstić information content (AvgIpc) is 2.93. The van der Waals surface area contributed by atoms with E-state index in [4.69, 9.17) is 51.1 Å². The molecule has 32 heavy (non-hydrogen) atoms. The van der Waals surface area contributed by atoms with E-state index in [2.05, 4.69) is 0 Å². The molecule has 1 aliphatic rings. The van der Waals surface area contributed by atoms with Crippen molar-refractivity contribution in [1.82, 2.24) is 4.90 Å². The summed E-state index contributed by atoms with van der Waals surface area (Å²) in [6.07, 6.45) is 0.638. The molecule has 0 radical (unpaired) electrons. The summed E-state index contributed by atoms with van der Waals surface area (Å²) in [5, 5.41) is 0.686. The van der Waals surface area contributed by atoms with E-state index in [0.29, 0.717) is 15.5 Å². The second kappa shape index (κ2) is 9.57. The van der Waals surface area contributed by atoms with Crippen molar-refractivity contribution in [2.24, 2.45) is 0 Å². The predicted octanol–water partition coefficient (Wildman–Crippen LogP) is 4.44. The second-order valence-electron chi connectivity index (χ2n) is 7.08. The third-order valence-electron chi connectivity index (χ3n) is 4.67. The van der Waals surface area contributed by atoms with E-state index in [-0.39, 0.29) is 39.2 Å². The van der Waals surface area contributed by atoms with E-state index in [1.54, 1.807) is 6.07 Å². The summed E-state index contributed by atoms with van der Waals surface area (Å²) in [5.74, 6) is -3.00. The van der Waals surface area contributed by atoms with E-state index in [1.807, 2.05) is 0 Å². The van der Waals surface area contributed by atoms with Gasteiger partial charge in [0.15, 0.2) is 0 Å². The predicted molar refractivity (Wildman–Crippen MR) is 121 cm³/mol. The van der Waals surface area contributed by atoms with Gasteiger partial charge in [-0.15, -0.1) is 0 Å². The second-order valence-corrected chi connectivity index (χ2v) is 11.0. The molecule has 0 spiro atoms. The molecule has 1 aliphatic heterocycles. The van der Waals surface area contributed by atoms with E-state index >= 15 is 0 Å². The van der Waals surface area contributed by atoms with Gasteiger partial charge in [-0.2, -0.15) is 0 Å². The smallest absolute Gasteiger partial charge is 0.329 e. The third kappa shape index (κ3) is 5.38. The molecule has 2 aromatic carbocycles. The summed E-state index contributed by atoms with van der Waals surface area (Å²) >= 11 is 23.7. The van der Waals surface area contributed by atoms with Crippen LogP contribution in [0.2, 0.25) is 20.1 Å². The van der Waals surface area contributed by atoms with Crippen molar-refractivity contribution < 1.29 is 27.5 Å². The molecule has 0 aromatic heterocycles. The van der Waals surface area contributed by atoms with Gasteiger partial charge in [-0.1, -0.05) is 52.5 Å². The minimum absolute atomic E-state index is 0.0361. The summed E-state index contributed by atoms with van der Waals surface area (Å²) < 4.78 is 28.7. The molecule has 0 bridgehead atoms. The summed E-state index contributed by atoms with van der Waals surface area (Å²) in [6, 6.07) is 5.58. The Balaban J connectivity index is 1.88. The molecule has 0 saturated carbocycles. The van der Waals surface area contributed by atoms with Gasteiger partial charge in [0.1, 0.15) is 22.5 Å². The molecule has 0 N–H and O–H groups in total. The molecule has 0 saturated heterocycles. The summed E-state index contributed by atoms with van der Waals surface area (Å²) in [5.41, 5.74) is 0.438. The molecule has 1 heterocycles. The number of imide groups is 1. The summed E-state index contributed by atoms with van der Waals surface area (Å²) in [7, 11) is -3.51. The molecule has 12 heteroatoms. The maximum Gasteiger partial charge on any atom is 0.329 e. The number of fused-ring (bicyclic) bond motifs is 1. The van der Waals surface area contributed by atoms with E-state index in [1.165, 1.54) is 24.3 Å². The fraction of sp³-hybridized carbons (Fsp3) is 0.250. The molecule has 170 valence electrons. The maximum atomic E-state index is 12.9. The number of amides is 2. The fourth-order valence-electron chi connectivity index (χ4n) is 3.09. The zero-order valence-electron chi connectivity index (χ0n) is 16.4. The molecular formula is C20H15Cl4NO6S. The van der Waals surface area contributed by atoms with Gasteiger partial charge in [0.25, 0.3) is 11.8 Å². The molecule has 3 rings (SSSR count). The van der Waals surface area contributed by atoms with Crippen LogP contribution in [0, 0.1) is 0 Å². The Bertz CT molecular complexity index is 1190. The van der Waals surface area contributed by atoms with Crippen molar-refractivity contribution in [2.75, 3.05) is 12.0 Å². The van der Waals surface area contributed by atoms with Crippen LogP contribution in [-0.2, 0) is 26.0 Å². The fourth-order valence-corrected chi connectivity index (χ4v) is 4.39. The number of benzene rings is 2. The number of ether oxygens (including phenoxy) is 1. The standard InChI is InChI=1S/C20H15Cl4NO6S/c1-32(29,30)5-4-17(20(28)31-9-10-2-3-13(21)14(22)6-10)25-18(26)11-7-15(23)16(24)8-12(11)19(25)27/h2-3,6-8,17H,4-5,9H2,1H3/t17-/m1/s1. The van der Waals surface area contributed by atoms with E-state index < -0.39 is 39.4 Å². The Morgan fingerprint density at radius 2 is 1.47 bits per heavy atom. The minimum atomic E-state index is -3.51. The van der Waals surface area contributed by atoms with Gasteiger partial charge in [-0.05, 0) is 36.2 Å². The molecule has 0 aliphatic carbocycles. The molecule has 2 aromatic rings. The molecule has 7 nitrogen and oxygen atoms in total. The third-order valence-corrected chi connectivity index (χ3v) is 7.11. The van der Waals surface area contributed by atoms with Crippen LogP contribution in [0.5, 0.6) is 0 Å². The van der Waals surface area contributed by atoms with Gasteiger partial charge in [-0.25, -0.2) is 13.2 Å². The van der Waals surface area contributed by atoms with Crippen LogP contribution in [-0.4, -0.2) is 49.2 Å².